The third kappa shape index (κ3) is 4.26. The molecule has 16 heavy (non-hydrogen) atoms. The molecule has 1 N–H and O–H groups in total. The summed E-state index contributed by atoms with van der Waals surface area (Å²) in [5.41, 5.74) is 0.794. The summed E-state index contributed by atoms with van der Waals surface area (Å²) in [7, 11) is 0. The van der Waals surface area contributed by atoms with Crippen molar-refractivity contribution in [2.24, 2.45) is 5.92 Å². The van der Waals surface area contributed by atoms with Gasteiger partial charge in [-0.05, 0) is 30.5 Å². The fraction of sp³-hybridized carbons (Fsp3) is 0.308. The van der Waals surface area contributed by atoms with Crippen LogP contribution in [0.15, 0.2) is 30.3 Å². The van der Waals surface area contributed by atoms with Crippen molar-refractivity contribution in [1.29, 1.82) is 0 Å². The fourth-order valence-electron chi connectivity index (χ4n) is 1.30. The van der Waals surface area contributed by atoms with Gasteiger partial charge in [0, 0.05) is 0 Å². The Morgan fingerprint density at radius 3 is 2.94 bits per heavy atom. The Morgan fingerprint density at radius 1 is 1.56 bits per heavy atom. The Kier molecular flexibility index (Phi) is 4.70. The quantitative estimate of drug-likeness (QED) is 0.829. The maximum atomic E-state index is 12.8. The number of benzene rings is 1. The first-order valence-corrected chi connectivity index (χ1v) is 5.24. The molecule has 3 heteroatoms. The van der Waals surface area contributed by atoms with Crippen LogP contribution in [0.2, 0.25) is 0 Å². The molecule has 1 unspecified atom stereocenters. The molecule has 1 aromatic rings. The van der Waals surface area contributed by atoms with E-state index in [0.29, 0.717) is 12.8 Å². The van der Waals surface area contributed by atoms with Crippen molar-refractivity contribution in [1.82, 2.24) is 0 Å². The van der Waals surface area contributed by atoms with Gasteiger partial charge in [-0.25, -0.2) is 4.39 Å². The zero-order valence-corrected chi connectivity index (χ0v) is 9.19. The molecule has 86 valence electrons. The van der Waals surface area contributed by atoms with Gasteiger partial charge in [-0.3, -0.25) is 4.79 Å². The highest BCUT2D eigenvalue weighted by Gasteiger charge is 2.08. The topological polar surface area (TPSA) is 37.3 Å². The Labute approximate surface area is 94.4 Å². The monoisotopic (exact) mass is 222 g/mol. The van der Waals surface area contributed by atoms with E-state index in [4.69, 9.17) is 5.11 Å². The van der Waals surface area contributed by atoms with Crippen molar-refractivity contribution < 1.29 is 14.3 Å². The highest BCUT2D eigenvalue weighted by atomic mass is 19.1. The number of rotatable bonds is 5. The third-order valence-electron chi connectivity index (χ3n) is 2.35. The average Bonchev–Trinajstić information content (AvgIpc) is 2.24. The molecule has 0 fully saturated rings. The molecule has 0 bridgehead atoms. The van der Waals surface area contributed by atoms with Gasteiger partial charge in [-0.15, -0.1) is 0 Å². The smallest absolute Gasteiger partial charge is 0.306 e. The van der Waals surface area contributed by atoms with Crippen LogP contribution in [0.25, 0.3) is 6.08 Å². The fourth-order valence-corrected chi connectivity index (χ4v) is 1.30. The molecule has 0 spiro atoms. The van der Waals surface area contributed by atoms with Crippen molar-refractivity contribution in [3.05, 3.63) is 41.7 Å². The first-order chi connectivity index (χ1) is 7.59. The predicted molar refractivity (Wildman–Crippen MR) is 61.5 cm³/mol. The number of aliphatic carboxylic acids is 1. The second kappa shape index (κ2) is 6.05. The molecule has 0 aromatic heterocycles. The second-order valence-electron chi connectivity index (χ2n) is 3.77. The minimum Gasteiger partial charge on any atom is -0.481 e. The van der Waals surface area contributed by atoms with Gasteiger partial charge in [0.15, 0.2) is 0 Å². The van der Waals surface area contributed by atoms with Crippen molar-refractivity contribution >= 4 is 12.0 Å². The zero-order chi connectivity index (χ0) is 12.0. The number of hydrogen-bond donors (Lipinski definition) is 1. The molecule has 0 aliphatic heterocycles. The summed E-state index contributed by atoms with van der Waals surface area (Å²) >= 11 is 0. The SMILES string of the molecule is CC(CC/C=C/c1cccc(F)c1)C(=O)O. The van der Waals surface area contributed by atoms with Gasteiger partial charge < -0.3 is 5.11 Å². The van der Waals surface area contributed by atoms with Crippen LogP contribution in [0, 0.1) is 11.7 Å². The molecule has 1 aromatic carbocycles. The number of carboxylic acid groups (broad SMARTS) is 1. The van der Waals surface area contributed by atoms with E-state index in [0.717, 1.165) is 5.56 Å². The lowest BCUT2D eigenvalue weighted by atomic mass is 10.1. The van der Waals surface area contributed by atoms with E-state index in [1.54, 1.807) is 25.1 Å². The molecular formula is C13H15FO2. The van der Waals surface area contributed by atoms with Crippen LogP contribution >= 0.6 is 0 Å². The van der Waals surface area contributed by atoms with Gasteiger partial charge >= 0.3 is 5.97 Å². The van der Waals surface area contributed by atoms with Crippen molar-refractivity contribution in [3.8, 4) is 0 Å². The lowest BCUT2D eigenvalue weighted by Crippen LogP contribution is -2.08. The van der Waals surface area contributed by atoms with E-state index in [2.05, 4.69) is 0 Å². The van der Waals surface area contributed by atoms with E-state index in [1.807, 2.05) is 6.08 Å². The molecule has 1 atom stereocenters. The highest BCUT2D eigenvalue weighted by Crippen LogP contribution is 2.09. The Hall–Kier alpha value is -1.64. The van der Waals surface area contributed by atoms with Gasteiger partial charge in [0.2, 0.25) is 0 Å². The lowest BCUT2D eigenvalue weighted by Gasteiger charge is -2.01. The van der Waals surface area contributed by atoms with Gasteiger partial charge in [0.1, 0.15) is 5.82 Å². The molecule has 0 saturated heterocycles. The molecule has 0 aliphatic carbocycles. The molecule has 2 nitrogen and oxygen atoms in total. The highest BCUT2D eigenvalue weighted by molar-refractivity contribution is 5.69. The predicted octanol–water partition coefficient (Wildman–Crippen LogP) is 3.34. The molecule has 0 aliphatic rings. The number of carboxylic acids is 1. The van der Waals surface area contributed by atoms with Gasteiger partial charge in [-0.2, -0.15) is 0 Å². The minimum atomic E-state index is -0.779. The van der Waals surface area contributed by atoms with Crippen molar-refractivity contribution in [2.75, 3.05) is 0 Å². The van der Waals surface area contributed by atoms with Gasteiger partial charge in [0.05, 0.1) is 5.92 Å². The molecule has 0 heterocycles. The van der Waals surface area contributed by atoms with E-state index >= 15 is 0 Å². The number of allylic oxidation sites excluding steroid dienone is 1. The van der Waals surface area contributed by atoms with Crippen LogP contribution in [0.3, 0.4) is 0 Å². The zero-order valence-electron chi connectivity index (χ0n) is 9.19. The third-order valence-corrected chi connectivity index (χ3v) is 2.35. The summed E-state index contributed by atoms with van der Waals surface area (Å²) in [6, 6.07) is 6.29. The Balaban J connectivity index is 2.41. The van der Waals surface area contributed by atoms with Gasteiger partial charge in [-0.1, -0.05) is 31.2 Å². The Bertz CT molecular complexity index is 385. The first kappa shape index (κ1) is 12.4. The molecule has 1 rings (SSSR count). The lowest BCUT2D eigenvalue weighted by molar-refractivity contribution is -0.141. The van der Waals surface area contributed by atoms with Crippen LogP contribution in [0.1, 0.15) is 25.3 Å². The van der Waals surface area contributed by atoms with Crippen molar-refractivity contribution in [2.45, 2.75) is 19.8 Å². The van der Waals surface area contributed by atoms with Crippen LogP contribution < -0.4 is 0 Å². The van der Waals surface area contributed by atoms with Crippen LogP contribution in [0.4, 0.5) is 4.39 Å². The summed E-state index contributed by atoms with van der Waals surface area (Å²) < 4.78 is 12.8. The van der Waals surface area contributed by atoms with E-state index in [1.165, 1.54) is 12.1 Å². The Morgan fingerprint density at radius 2 is 2.31 bits per heavy atom. The second-order valence-corrected chi connectivity index (χ2v) is 3.77. The molecule has 0 amide bonds. The average molecular weight is 222 g/mol. The maximum absolute atomic E-state index is 12.8. The summed E-state index contributed by atoms with van der Waals surface area (Å²) in [4.78, 5) is 10.5. The normalized spacial score (nSPS) is 12.9. The summed E-state index contributed by atoms with van der Waals surface area (Å²) in [6.07, 6.45) is 4.96. The standard InChI is InChI=1S/C13H15FO2/c1-10(13(15)16)5-2-3-6-11-7-4-8-12(14)9-11/h3-4,6-10H,2,5H2,1H3,(H,15,16)/b6-3+. The van der Waals surface area contributed by atoms with Crippen molar-refractivity contribution in [3.63, 3.8) is 0 Å². The minimum absolute atomic E-state index is 0.263. The molecule has 0 radical (unpaired) electrons. The number of hydrogen-bond acceptors (Lipinski definition) is 1. The maximum Gasteiger partial charge on any atom is 0.306 e. The summed E-state index contributed by atoms with van der Waals surface area (Å²) in [5.74, 6) is -1.38. The summed E-state index contributed by atoms with van der Waals surface area (Å²) in [6.45, 7) is 1.68. The van der Waals surface area contributed by atoms with Crippen LogP contribution in [-0.4, -0.2) is 11.1 Å². The largest absolute Gasteiger partial charge is 0.481 e. The van der Waals surface area contributed by atoms with Crippen LogP contribution in [-0.2, 0) is 4.79 Å². The summed E-state index contributed by atoms with van der Waals surface area (Å²) in [5, 5.41) is 8.66. The molecular weight excluding hydrogens is 207 g/mol. The van der Waals surface area contributed by atoms with E-state index in [-0.39, 0.29) is 11.7 Å². The van der Waals surface area contributed by atoms with E-state index in [9.17, 15) is 9.18 Å². The molecule has 0 saturated carbocycles. The van der Waals surface area contributed by atoms with Gasteiger partial charge in [0.25, 0.3) is 0 Å². The number of carbonyl (C=O) groups is 1. The first-order valence-electron chi connectivity index (χ1n) is 5.24. The number of halogens is 1. The van der Waals surface area contributed by atoms with E-state index < -0.39 is 5.97 Å². The van der Waals surface area contributed by atoms with Crippen LogP contribution in [0.5, 0.6) is 0 Å².